The summed E-state index contributed by atoms with van der Waals surface area (Å²) in [4.78, 5) is 22.0. The van der Waals surface area contributed by atoms with Gasteiger partial charge in [-0.3, -0.25) is 0 Å². The van der Waals surface area contributed by atoms with Crippen LogP contribution in [-0.2, 0) is 6.54 Å². The van der Waals surface area contributed by atoms with Crippen LogP contribution in [0.3, 0.4) is 0 Å². The van der Waals surface area contributed by atoms with Crippen molar-refractivity contribution in [3.05, 3.63) is 66.3 Å². The maximum Gasteiger partial charge on any atom is 0.322 e. The Morgan fingerprint density at radius 2 is 1.76 bits per heavy atom. The van der Waals surface area contributed by atoms with Crippen LogP contribution in [0.5, 0.6) is 17.5 Å². The highest BCUT2D eigenvalue weighted by molar-refractivity contribution is 6.90. The molecule has 1 aliphatic heterocycles. The summed E-state index contributed by atoms with van der Waals surface area (Å²) in [6.45, 7) is 16.5. The molecule has 0 bridgehead atoms. The van der Waals surface area contributed by atoms with E-state index in [9.17, 15) is 0 Å². The summed E-state index contributed by atoms with van der Waals surface area (Å²) in [6, 6.07) is 8.48. The maximum atomic E-state index is 15.6. The number of ether oxygens (including phenoxy) is 2. The Labute approximate surface area is 269 Å². The number of hydrogen-bond acceptors (Lipinski definition) is 8. The van der Waals surface area contributed by atoms with E-state index in [0.717, 1.165) is 11.3 Å². The van der Waals surface area contributed by atoms with Crippen molar-refractivity contribution in [3.8, 4) is 51.4 Å². The molecule has 9 nitrogen and oxygen atoms in total. The lowest BCUT2D eigenvalue weighted by atomic mass is 9.98. The highest BCUT2D eigenvalue weighted by Gasteiger charge is 2.41. The molecule has 0 aliphatic carbocycles. The second-order valence-electron chi connectivity index (χ2n) is 12.6. The molecule has 0 unspecified atom stereocenters. The van der Waals surface area contributed by atoms with Crippen molar-refractivity contribution in [2.45, 2.75) is 71.6 Å². The molecule has 1 aliphatic rings. The fraction of sp³-hybridized carbons (Fsp3) is 0.343. The highest BCUT2D eigenvalue weighted by atomic mass is 28.3. The summed E-state index contributed by atoms with van der Waals surface area (Å²) in [5.41, 5.74) is 16.5. The Morgan fingerprint density at radius 1 is 1.00 bits per heavy atom. The van der Waals surface area contributed by atoms with Crippen molar-refractivity contribution >= 4 is 24.9 Å². The maximum absolute atomic E-state index is 15.6. The van der Waals surface area contributed by atoms with Crippen LogP contribution in [0.2, 0.25) is 16.6 Å². The monoisotopic (exact) mass is 635 g/mol. The summed E-state index contributed by atoms with van der Waals surface area (Å²) in [6.07, 6.45) is 4.79. The van der Waals surface area contributed by atoms with E-state index in [1.807, 2.05) is 17.6 Å². The van der Waals surface area contributed by atoms with E-state index in [1.165, 1.54) is 12.4 Å². The molecular formula is C35H38FN7O2Si. The van der Waals surface area contributed by atoms with E-state index in [-0.39, 0.29) is 11.8 Å². The van der Waals surface area contributed by atoms with Crippen LogP contribution in [-0.4, -0.2) is 44.2 Å². The van der Waals surface area contributed by atoms with Gasteiger partial charge >= 0.3 is 6.01 Å². The number of nitrogens with two attached hydrogens (primary N) is 1. The summed E-state index contributed by atoms with van der Waals surface area (Å²) in [5, 5.41) is 0.630. The van der Waals surface area contributed by atoms with E-state index in [1.54, 1.807) is 30.6 Å². The zero-order chi connectivity index (χ0) is 32.7. The molecule has 0 fully saturated rings. The van der Waals surface area contributed by atoms with E-state index < -0.39 is 13.9 Å². The molecule has 0 atom stereocenters. The number of hydrogen-bond donors (Lipinski definition) is 1. The van der Waals surface area contributed by atoms with Crippen molar-refractivity contribution in [1.82, 2.24) is 29.5 Å². The molecule has 0 saturated heterocycles. The summed E-state index contributed by atoms with van der Waals surface area (Å²) in [5.74, 6) is 3.82. The number of aryl methyl sites for hydroxylation is 1. The van der Waals surface area contributed by atoms with Crippen LogP contribution in [0.1, 0.15) is 52.9 Å². The van der Waals surface area contributed by atoms with Crippen LogP contribution in [0.4, 0.5) is 10.2 Å². The van der Waals surface area contributed by atoms with Gasteiger partial charge in [0.05, 0.1) is 23.2 Å². The second-order valence-corrected chi connectivity index (χ2v) is 18.2. The molecule has 0 radical (unpaired) electrons. The van der Waals surface area contributed by atoms with Crippen molar-refractivity contribution in [2.75, 3.05) is 12.3 Å². The first kappa shape index (κ1) is 31.2. The summed E-state index contributed by atoms with van der Waals surface area (Å²) < 4.78 is 29.7. The van der Waals surface area contributed by atoms with Gasteiger partial charge in [0.15, 0.2) is 11.6 Å². The lowest BCUT2D eigenvalue weighted by Crippen LogP contribution is -2.43. The minimum Gasteiger partial charge on any atom is -0.491 e. The minimum atomic E-state index is -1.96. The molecule has 0 spiro atoms. The van der Waals surface area contributed by atoms with E-state index in [2.05, 4.69) is 72.9 Å². The molecule has 4 aromatic heterocycles. The highest BCUT2D eigenvalue weighted by Crippen LogP contribution is 2.46. The Balaban J connectivity index is 1.49. The third-order valence-corrected chi connectivity index (χ3v) is 15.3. The van der Waals surface area contributed by atoms with Crippen molar-refractivity contribution < 1.29 is 13.9 Å². The molecular weight excluding hydrogens is 598 g/mol. The van der Waals surface area contributed by atoms with Crippen molar-refractivity contribution in [3.63, 3.8) is 0 Å². The van der Waals surface area contributed by atoms with Gasteiger partial charge in [-0.15, -0.1) is 5.54 Å². The van der Waals surface area contributed by atoms with Gasteiger partial charge < -0.3 is 19.8 Å². The average molecular weight is 636 g/mol. The van der Waals surface area contributed by atoms with E-state index >= 15 is 4.39 Å². The normalized spacial score (nSPS) is 12.8. The fourth-order valence-corrected chi connectivity index (χ4v) is 12.1. The summed E-state index contributed by atoms with van der Waals surface area (Å²) >= 11 is 0. The number of fused-ring (bicyclic) bond motifs is 5. The first-order chi connectivity index (χ1) is 22.0. The van der Waals surface area contributed by atoms with Crippen LogP contribution < -0.4 is 15.2 Å². The number of nitrogen functional groups attached to an aromatic ring is 1. The molecule has 236 valence electrons. The first-order valence-electron chi connectivity index (χ1n) is 15.6. The van der Waals surface area contributed by atoms with Crippen molar-refractivity contribution in [1.29, 1.82) is 0 Å². The smallest absolute Gasteiger partial charge is 0.322 e. The zero-order valence-corrected chi connectivity index (χ0v) is 28.2. The third kappa shape index (κ3) is 5.36. The van der Waals surface area contributed by atoms with Crippen LogP contribution in [0.25, 0.3) is 33.4 Å². The van der Waals surface area contributed by atoms with E-state index in [0.29, 0.717) is 74.9 Å². The third-order valence-electron chi connectivity index (χ3n) is 9.03. The molecule has 0 saturated carbocycles. The quantitative estimate of drug-likeness (QED) is 0.149. The van der Waals surface area contributed by atoms with E-state index in [4.69, 9.17) is 20.2 Å². The number of anilines is 1. The number of benzene rings is 1. The Hall–Kier alpha value is -4.82. The van der Waals surface area contributed by atoms with Crippen LogP contribution in [0.15, 0.2) is 49.1 Å². The molecule has 0 amide bonds. The molecule has 11 heteroatoms. The lowest BCUT2D eigenvalue weighted by molar-refractivity contribution is 0.308. The number of halogens is 1. The molecule has 46 heavy (non-hydrogen) atoms. The Kier molecular flexibility index (Phi) is 8.25. The lowest BCUT2D eigenvalue weighted by Gasteiger charge is -2.38. The predicted molar refractivity (Wildman–Crippen MR) is 181 cm³/mol. The minimum absolute atomic E-state index is 0.00520. The standard InChI is InChI=1S/C35H38FN7O2Si/c1-20(2)46(21(3)4,22(5)6)15-11-25-17-29-26(18-39-25)32-30(31-33(37)40-19-41-34(31)43(32)13-14-44-29)24-8-9-28(27(36)16-24)45-35-38-12-10-23(7)42-35/h8-10,12,16-22H,13-14H2,1-7H3,(H2,37,40,41). The molecule has 2 N–H and O–H groups in total. The first-order valence-corrected chi connectivity index (χ1v) is 17.8. The van der Waals surface area contributed by atoms with Crippen LogP contribution >= 0.6 is 0 Å². The molecule has 5 aromatic rings. The van der Waals surface area contributed by atoms with Gasteiger partial charge in [-0.1, -0.05) is 53.5 Å². The van der Waals surface area contributed by atoms with Crippen molar-refractivity contribution in [2.24, 2.45) is 0 Å². The van der Waals surface area contributed by atoms with Gasteiger partial charge in [0.2, 0.25) is 0 Å². The van der Waals surface area contributed by atoms with Gasteiger partial charge in [-0.05, 0) is 47.3 Å². The van der Waals surface area contributed by atoms with Crippen LogP contribution in [0, 0.1) is 24.2 Å². The summed E-state index contributed by atoms with van der Waals surface area (Å²) in [7, 11) is -1.96. The zero-order valence-electron chi connectivity index (χ0n) is 27.2. The van der Waals surface area contributed by atoms with Gasteiger partial charge in [0.1, 0.15) is 43.9 Å². The van der Waals surface area contributed by atoms with Gasteiger partial charge in [-0.2, -0.15) is 0 Å². The number of pyridine rings is 1. The predicted octanol–water partition coefficient (Wildman–Crippen LogP) is 7.73. The molecule has 5 heterocycles. The average Bonchev–Trinajstić information content (AvgIpc) is 3.21. The number of rotatable bonds is 6. The second kappa shape index (κ2) is 12.2. The van der Waals surface area contributed by atoms with Gasteiger partial charge in [0.25, 0.3) is 0 Å². The number of nitrogens with zero attached hydrogens (tertiary/aromatic N) is 6. The molecule has 1 aromatic carbocycles. The SMILES string of the molecule is Cc1ccnc(Oc2ccc(-c3c4n(c5ncnc(N)c35)CCOc3cc(C#C[Si](C(C)C)(C(C)C)C(C)C)ncc3-4)cc2F)n1. The topological polar surface area (TPSA) is 114 Å². The van der Waals surface area contributed by atoms with Gasteiger partial charge in [0, 0.05) is 29.7 Å². The molecule has 6 rings (SSSR count). The van der Waals surface area contributed by atoms with Gasteiger partial charge in [-0.25, -0.2) is 29.3 Å². The Morgan fingerprint density at radius 3 is 2.46 bits per heavy atom. The largest absolute Gasteiger partial charge is 0.491 e. The fourth-order valence-electron chi connectivity index (χ4n) is 6.94. The number of aromatic nitrogens is 6. The Bertz CT molecular complexity index is 1990.